The van der Waals surface area contributed by atoms with E-state index in [1.165, 1.54) is 16.7 Å². The molecule has 4 rings (SSSR count). The van der Waals surface area contributed by atoms with Gasteiger partial charge in [0.25, 0.3) is 0 Å². The molecule has 1 heterocycles. The molecule has 4 heteroatoms. The molecule has 3 atom stereocenters. The summed E-state index contributed by atoms with van der Waals surface area (Å²) in [5, 5.41) is 0. The Labute approximate surface area is 161 Å². The second-order valence-corrected chi connectivity index (χ2v) is 7.54. The van der Waals surface area contributed by atoms with Gasteiger partial charge in [-0.25, -0.2) is 0 Å². The SMILES string of the molecule is COc1cccc2c1CCC(C(Cc1ccccc1)C1OCCO1)C2CN. The molecule has 2 N–H and O–H groups in total. The first-order valence-corrected chi connectivity index (χ1v) is 9.94. The third-order valence-electron chi connectivity index (χ3n) is 6.15. The van der Waals surface area contributed by atoms with Crippen molar-refractivity contribution in [1.29, 1.82) is 0 Å². The van der Waals surface area contributed by atoms with Crippen LogP contribution in [0.25, 0.3) is 0 Å². The van der Waals surface area contributed by atoms with Gasteiger partial charge in [0, 0.05) is 5.92 Å². The normalized spacial score (nSPS) is 23.8. The zero-order valence-corrected chi connectivity index (χ0v) is 16.0. The number of hydrogen-bond donors (Lipinski definition) is 1. The van der Waals surface area contributed by atoms with Crippen LogP contribution in [0.2, 0.25) is 0 Å². The van der Waals surface area contributed by atoms with E-state index in [2.05, 4.69) is 48.5 Å². The van der Waals surface area contributed by atoms with Crippen molar-refractivity contribution in [2.24, 2.45) is 17.6 Å². The fourth-order valence-electron chi connectivity index (χ4n) is 4.91. The summed E-state index contributed by atoms with van der Waals surface area (Å²) in [5.74, 6) is 2.00. The Hall–Kier alpha value is -1.88. The highest BCUT2D eigenvalue weighted by Gasteiger charge is 2.40. The van der Waals surface area contributed by atoms with E-state index in [1.807, 2.05) is 0 Å². The highest BCUT2D eigenvalue weighted by atomic mass is 16.7. The summed E-state index contributed by atoms with van der Waals surface area (Å²) >= 11 is 0. The fourth-order valence-corrected chi connectivity index (χ4v) is 4.91. The summed E-state index contributed by atoms with van der Waals surface area (Å²) in [6.45, 7) is 1.99. The van der Waals surface area contributed by atoms with E-state index in [0.29, 0.717) is 37.5 Å². The summed E-state index contributed by atoms with van der Waals surface area (Å²) < 4.78 is 17.6. The van der Waals surface area contributed by atoms with E-state index >= 15 is 0 Å². The van der Waals surface area contributed by atoms with E-state index in [1.54, 1.807) is 7.11 Å². The highest BCUT2D eigenvalue weighted by molar-refractivity contribution is 5.44. The third kappa shape index (κ3) is 3.75. The molecule has 0 radical (unpaired) electrons. The first-order chi connectivity index (χ1) is 13.3. The lowest BCUT2D eigenvalue weighted by atomic mass is 9.67. The van der Waals surface area contributed by atoms with Gasteiger partial charge in [0.05, 0.1) is 20.3 Å². The molecule has 1 aliphatic heterocycles. The van der Waals surface area contributed by atoms with E-state index in [9.17, 15) is 0 Å². The number of nitrogens with two attached hydrogens (primary N) is 1. The van der Waals surface area contributed by atoms with Gasteiger partial charge >= 0.3 is 0 Å². The van der Waals surface area contributed by atoms with Crippen molar-refractivity contribution >= 4 is 0 Å². The lowest BCUT2D eigenvalue weighted by molar-refractivity contribution is -0.104. The Balaban J connectivity index is 1.66. The molecule has 3 unspecified atom stereocenters. The fraction of sp³-hybridized carbons (Fsp3) is 0.478. The Kier molecular flexibility index (Phi) is 5.77. The molecule has 4 nitrogen and oxygen atoms in total. The molecule has 2 aliphatic rings. The zero-order chi connectivity index (χ0) is 18.6. The Morgan fingerprint density at radius 3 is 2.56 bits per heavy atom. The van der Waals surface area contributed by atoms with Gasteiger partial charge in [-0.15, -0.1) is 0 Å². The van der Waals surface area contributed by atoms with E-state index in [4.69, 9.17) is 19.9 Å². The molecule has 1 aliphatic carbocycles. The number of ether oxygens (including phenoxy) is 3. The number of benzene rings is 2. The molecule has 0 bridgehead atoms. The lowest BCUT2D eigenvalue weighted by Crippen LogP contribution is -2.39. The second-order valence-electron chi connectivity index (χ2n) is 7.54. The molecule has 27 heavy (non-hydrogen) atoms. The summed E-state index contributed by atoms with van der Waals surface area (Å²) in [6.07, 6.45) is 2.90. The van der Waals surface area contributed by atoms with Crippen molar-refractivity contribution in [1.82, 2.24) is 0 Å². The molecule has 0 aromatic heterocycles. The van der Waals surface area contributed by atoms with Gasteiger partial charge < -0.3 is 19.9 Å². The van der Waals surface area contributed by atoms with Crippen LogP contribution in [0, 0.1) is 11.8 Å². The van der Waals surface area contributed by atoms with E-state index in [-0.39, 0.29) is 6.29 Å². The molecule has 0 amide bonds. The van der Waals surface area contributed by atoms with Gasteiger partial charge in [-0.1, -0.05) is 42.5 Å². The monoisotopic (exact) mass is 367 g/mol. The Morgan fingerprint density at radius 1 is 1.07 bits per heavy atom. The molecular weight excluding hydrogens is 338 g/mol. The Bertz CT molecular complexity index is 743. The largest absolute Gasteiger partial charge is 0.496 e. The first kappa shape index (κ1) is 18.5. The highest BCUT2D eigenvalue weighted by Crippen LogP contribution is 2.45. The topological polar surface area (TPSA) is 53.7 Å². The van der Waals surface area contributed by atoms with Crippen LogP contribution in [0.5, 0.6) is 5.75 Å². The zero-order valence-electron chi connectivity index (χ0n) is 16.0. The molecule has 2 aromatic carbocycles. The van der Waals surface area contributed by atoms with E-state index < -0.39 is 0 Å². The van der Waals surface area contributed by atoms with Crippen molar-refractivity contribution in [3.8, 4) is 5.75 Å². The molecule has 144 valence electrons. The summed E-state index contributed by atoms with van der Waals surface area (Å²) in [4.78, 5) is 0. The predicted molar refractivity (Wildman–Crippen MR) is 106 cm³/mol. The van der Waals surface area contributed by atoms with Gasteiger partial charge in [-0.05, 0) is 60.4 Å². The number of fused-ring (bicyclic) bond motifs is 1. The van der Waals surface area contributed by atoms with Crippen LogP contribution in [0.15, 0.2) is 48.5 Å². The molecule has 1 saturated heterocycles. The average Bonchev–Trinajstić information content (AvgIpc) is 3.26. The van der Waals surface area contributed by atoms with Gasteiger partial charge in [0.15, 0.2) is 6.29 Å². The van der Waals surface area contributed by atoms with Crippen LogP contribution in [-0.2, 0) is 22.3 Å². The molecule has 2 aromatic rings. The van der Waals surface area contributed by atoms with Crippen molar-refractivity contribution in [2.75, 3.05) is 26.9 Å². The third-order valence-corrected chi connectivity index (χ3v) is 6.15. The van der Waals surface area contributed by atoms with Gasteiger partial charge in [0.1, 0.15) is 5.75 Å². The molecule has 0 saturated carbocycles. The van der Waals surface area contributed by atoms with Gasteiger partial charge in [0.2, 0.25) is 0 Å². The summed E-state index contributed by atoms with van der Waals surface area (Å²) in [6, 6.07) is 17.0. The van der Waals surface area contributed by atoms with Crippen molar-refractivity contribution in [3.63, 3.8) is 0 Å². The number of hydrogen-bond acceptors (Lipinski definition) is 4. The molecule has 1 fully saturated rings. The molecular formula is C23H29NO3. The number of rotatable bonds is 6. The predicted octanol–water partition coefficient (Wildman–Crippen LogP) is 3.53. The van der Waals surface area contributed by atoms with Crippen LogP contribution in [0.4, 0.5) is 0 Å². The lowest BCUT2D eigenvalue weighted by Gasteiger charge is -2.40. The maximum absolute atomic E-state index is 6.31. The van der Waals surface area contributed by atoms with Gasteiger partial charge in [-0.3, -0.25) is 0 Å². The minimum atomic E-state index is -0.142. The van der Waals surface area contributed by atoms with Crippen LogP contribution in [0.1, 0.15) is 29.0 Å². The standard InChI is InChI=1S/C23H29NO3/c1-25-22-9-5-8-17-19(22)11-10-18(21(17)15-24)20(23-26-12-13-27-23)14-16-6-3-2-4-7-16/h2-9,18,20-21,23H,10-15,24H2,1H3. The number of methoxy groups -OCH3 is 1. The van der Waals surface area contributed by atoms with Crippen LogP contribution in [-0.4, -0.2) is 33.2 Å². The van der Waals surface area contributed by atoms with Crippen molar-refractivity contribution < 1.29 is 14.2 Å². The maximum Gasteiger partial charge on any atom is 0.161 e. The van der Waals surface area contributed by atoms with Crippen molar-refractivity contribution in [2.45, 2.75) is 31.5 Å². The van der Waals surface area contributed by atoms with Crippen LogP contribution in [0.3, 0.4) is 0 Å². The van der Waals surface area contributed by atoms with Crippen LogP contribution < -0.4 is 10.5 Å². The average molecular weight is 367 g/mol. The minimum absolute atomic E-state index is 0.142. The smallest absolute Gasteiger partial charge is 0.161 e. The molecule has 0 spiro atoms. The van der Waals surface area contributed by atoms with Crippen LogP contribution >= 0.6 is 0 Å². The first-order valence-electron chi connectivity index (χ1n) is 9.94. The Morgan fingerprint density at radius 2 is 1.85 bits per heavy atom. The van der Waals surface area contributed by atoms with E-state index in [0.717, 1.165) is 25.0 Å². The second kappa shape index (κ2) is 8.42. The maximum atomic E-state index is 6.31. The quantitative estimate of drug-likeness (QED) is 0.849. The summed E-state index contributed by atoms with van der Waals surface area (Å²) in [5.41, 5.74) is 10.3. The van der Waals surface area contributed by atoms with Gasteiger partial charge in [-0.2, -0.15) is 0 Å². The minimum Gasteiger partial charge on any atom is -0.496 e. The van der Waals surface area contributed by atoms with Crippen molar-refractivity contribution in [3.05, 3.63) is 65.2 Å². The summed E-state index contributed by atoms with van der Waals surface area (Å²) in [7, 11) is 1.75.